The first kappa shape index (κ1) is 20.9. The van der Waals surface area contributed by atoms with Gasteiger partial charge in [-0.3, -0.25) is 9.36 Å². The first-order valence-corrected chi connectivity index (χ1v) is 12.4. The maximum absolute atomic E-state index is 14.5. The van der Waals surface area contributed by atoms with E-state index in [4.69, 9.17) is 5.10 Å². The third-order valence-electron chi connectivity index (χ3n) is 6.22. The minimum Gasteiger partial charge on any atom is -0.612 e. The van der Waals surface area contributed by atoms with Crippen LogP contribution in [0.4, 0.5) is 10.2 Å². The van der Waals surface area contributed by atoms with Crippen molar-refractivity contribution in [1.29, 1.82) is 0 Å². The Hall–Kier alpha value is -3.70. The average molecular weight is 478 g/mol. The molecule has 1 fully saturated rings. The van der Waals surface area contributed by atoms with E-state index in [0.29, 0.717) is 39.8 Å². The summed E-state index contributed by atoms with van der Waals surface area (Å²) in [7, 11) is 0. The van der Waals surface area contributed by atoms with Crippen LogP contribution in [0.25, 0.3) is 22.2 Å². The van der Waals surface area contributed by atoms with Crippen LogP contribution in [0.5, 0.6) is 0 Å². The molecule has 0 amide bonds. The maximum Gasteiger partial charge on any atom is 0.285 e. The molecular weight excluding hydrogens is 457 g/mol. The van der Waals surface area contributed by atoms with Crippen molar-refractivity contribution < 1.29 is 8.94 Å². The summed E-state index contributed by atoms with van der Waals surface area (Å²) in [5.41, 5.74) is 0.623. The number of aromatic amines is 1. The SMILES string of the molecule is C[S@@+]([O-])c1c[nH]c2ncnc(N3CCCC3c3nn4ccc(F)c4c(=O)n3-c3ccccc3)c12. The zero-order valence-electron chi connectivity index (χ0n) is 18.2. The minimum absolute atomic E-state index is 0.101. The third kappa shape index (κ3) is 3.11. The summed E-state index contributed by atoms with van der Waals surface area (Å²) >= 11 is -1.25. The lowest BCUT2D eigenvalue weighted by molar-refractivity contribution is 0.593. The molecule has 1 aromatic carbocycles. The number of para-hydroxylation sites is 1. The van der Waals surface area contributed by atoms with Gasteiger partial charge in [0.25, 0.3) is 5.56 Å². The number of hydrogen-bond acceptors (Lipinski definition) is 6. The third-order valence-corrected chi connectivity index (χ3v) is 7.16. The van der Waals surface area contributed by atoms with E-state index in [1.54, 1.807) is 24.6 Å². The van der Waals surface area contributed by atoms with Gasteiger partial charge in [-0.05, 0) is 42.2 Å². The summed E-state index contributed by atoms with van der Waals surface area (Å²) in [5, 5.41) is 5.39. The van der Waals surface area contributed by atoms with Crippen LogP contribution in [-0.2, 0) is 11.2 Å². The van der Waals surface area contributed by atoms with Crippen molar-refractivity contribution in [3.63, 3.8) is 0 Å². The van der Waals surface area contributed by atoms with Gasteiger partial charge in [0.15, 0.2) is 22.1 Å². The smallest absolute Gasteiger partial charge is 0.285 e. The van der Waals surface area contributed by atoms with Crippen LogP contribution in [0.15, 0.2) is 64.8 Å². The number of nitrogens with one attached hydrogen (secondary N) is 1. The van der Waals surface area contributed by atoms with E-state index in [0.717, 1.165) is 12.8 Å². The van der Waals surface area contributed by atoms with Crippen molar-refractivity contribution >= 4 is 33.5 Å². The first-order chi connectivity index (χ1) is 16.5. The van der Waals surface area contributed by atoms with Gasteiger partial charge in [0.2, 0.25) is 0 Å². The fraction of sp³-hybridized carbons (Fsp3) is 0.217. The molecule has 2 atom stereocenters. The molecular formula is C23H20FN7O2S. The minimum atomic E-state index is -1.25. The Kier molecular flexibility index (Phi) is 4.89. The molecule has 0 aliphatic carbocycles. The predicted octanol–water partition coefficient (Wildman–Crippen LogP) is 2.97. The van der Waals surface area contributed by atoms with E-state index in [1.165, 1.54) is 27.7 Å². The second-order valence-corrected chi connectivity index (χ2v) is 9.52. The van der Waals surface area contributed by atoms with Crippen LogP contribution < -0.4 is 10.5 Å². The molecule has 4 aromatic heterocycles. The molecule has 5 aromatic rings. The Labute approximate surface area is 196 Å². The number of nitrogens with zero attached hydrogens (tertiary/aromatic N) is 6. The van der Waals surface area contributed by atoms with Gasteiger partial charge in [-0.25, -0.2) is 18.9 Å². The number of halogens is 1. The molecule has 1 unspecified atom stereocenters. The lowest BCUT2D eigenvalue weighted by Gasteiger charge is -2.27. The highest BCUT2D eigenvalue weighted by atomic mass is 32.2. The highest BCUT2D eigenvalue weighted by Gasteiger charge is 2.35. The number of H-pyrrole nitrogens is 1. The number of rotatable bonds is 4. The summed E-state index contributed by atoms with van der Waals surface area (Å²) in [6.07, 6.45) is 7.79. The lowest BCUT2D eigenvalue weighted by Crippen LogP contribution is -2.33. The van der Waals surface area contributed by atoms with Gasteiger partial charge in [-0.1, -0.05) is 18.2 Å². The van der Waals surface area contributed by atoms with Gasteiger partial charge in [0, 0.05) is 12.7 Å². The molecule has 6 rings (SSSR count). The fourth-order valence-corrected chi connectivity index (χ4v) is 5.44. The van der Waals surface area contributed by atoms with Crippen molar-refractivity contribution in [3.8, 4) is 5.69 Å². The molecule has 11 heteroatoms. The molecule has 0 bridgehead atoms. The van der Waals surface area contributed by atoms with Gasteiger partial charge in [-0.15, -0.1) is 0 Å². The highest BCUT2D eigenvalue weighted by molar-refractivity contribution is 7.91. The summed E-state index contributed by atoms with van der Waals surface area (Å²) in [5.74, 6) is 0.502. The number of fused-ring (bicyclic) bond motifs is 2. The second-order valence-electron chi connectivity index (χ2n) is 8.17. The molecule has 1 aliphatic heterocycles. The molecule has 0 radical (unpaired) electrons. The summed E-state index contributed by atoms with van der Waals surface area (Å²) in [6, 6.07) is 10.0. The second kappa shape index (κ2) is 7.96. The first-order valence-electron chi connectivity index (χ1n) is 10.8. The number of benzene rings is 1. The quantitative estimate of drug-likeness (QED) is 0.399. The van der Waals surface area contributed by atoms with Crippen LogP contribution in [-0.4, -0.2) is 46.5 Å². The fourth-order valence-electron chi connectivity index (χ4n) is 4.74. The standard InChI is InChI=1S/C23H20FN7O2S/c1-34(33)17-12-25-20-18(17)22(27-13-26-20)29-10-5-8-16(29)21-28-30-11-9-15(24)19(30)23(32)31(21)14-6-3-2-4-7-14/h2-4,6-7,9,11-13,16H,5,8,10H2,1H3,(H,25,26,27)/t16?,34-/m1/s1. The molecule has 34 heavy (non-hydrogen) atoms. The molecule has 1 N–H and O–H groups in total. The summed E-state index contributed by atoms with van der Waals surface area (Å²) in [4.78, 5) is 28.1. The van der Waals surface area contributed by atoms with Gasteiger partial charge in [-0.2, -0.15) is 5.10 Å². The van der Waals surface area contributed by atoms with E-state index in [2.05, 4.69) is 19.9 Å². The Balaban J connectivity index is 1.59. The maximum atomic E-state index is 14.5. The van der Waals surface area contributed by atoms with Crippen LogP contribution in [0, 0.1) is 5.82 Å². The Morgan fingerprint density at radius 2 is 2.03 bits per heavy atom. The van der Waals surface area contributed by atoms with E-state index < -0.39 is 22.6 Å². The van der Waals surface area contributed by atoms with Crippen molar-refractivity contribution in [2.45, 2.75) is 23.8 Å². The number of hydrogen-bond donors (Lipinski definition) is 1. The molecule has 1 saturated heterocycles. The predicted molar refractivity (Wildman–Crippen MR) is 126 cm³/mol. The Morgan fingerprint density at radius 1 is 1.21 bits per heavy atom. The topological polar surface area (TPSA) is 107 Å². The molecule has 172 valence electrons. The average Bonchev–Trinajstić information content (AvgIpc) is 3.57. The molecule has 0 saturated carbocycles. The number of anilines is 1. The monoisotopic (exact) mass is 477 g/mol. The van der Waals surface area contributed by atoms with Crippen molar-refractivity contribution in [2.75, 3.05) is 17.7 Å². The molecule has 0 spiro atoms. The summed E-state index contributed by atoms with van der Waals surface area (Å²) in [6.45, 7) is 0.667. The highest BCUT2D eigenvalue weighted by Crippen LogP contribution is 2.39. The van der Waals surface area contributed by atoms with Gasteiger partial charge in [0.1, 0.15) is 29.4 Å². The zero-order chi connectivity index (χ0) is 23.4. The van der Waals surface area contributed by atoms with Crippen molar-refractivity contribution in [2.24, 2.45) is 0 Å². The van der Waals surface area contributed by atoms with E-state index in [9.17, 15) is 13.7 Å². The summed E-state index contributed by atoms with van der Waals surface area (Å²) < 4.78 is 29.7. The van der Waals surface area contributed by atoms with Crippen LogP contribution in [0.2, 0.25) is 0 Å². The number of aromatic nitrogens is 6. The largest absolute Gasteiger partial charge is 0.612 e. The zero-order valence-corrected chi connectivity index (χ0v) is 19.0. The van der Waals surface area contributed by atoms with Gasteiger partial charge < -0.3 is 14.4 Å². The molecule has 9 nitrogen and oxygen atoms in total. The van der Waals surface area contributed by atoms with E-state index in [-0.39, 0.29) is 11.6 Å². The van der Waals surface area contributed by atoms with Gasteiger partial charge in [0.05, 0.1) is 17.9 Å². The molecule has 1 aliphatic rings. The Bertz CT molecular complexity index is 1580. The Morgan fingerprint density at radius 3 is 2.82 bits per heavy atom. The van der Waals surface area contributed by atoms with E-state index >= 15 is 0 Å². The van der Waals surface area contributed by atoms with Crippen LogP contribution in [0.1, 0.15) is 24.7 Å². The van der Waals surface area contributed by atoms with Crippen LogP contribution in [0.3, 0.4) is 0 Å². The molecule has 5 heterocycles. The van der Waals surface area contributed by atoms with Gasteiger partial charge >= 0.3 is 0 Å². The normalized spacial score (nSPS) is 17.1. The van der Waals surface area contributed by atoms with Crippen molar-refractivity contribution in [1.82, 2.24) is 29.1 Å². The van der Waals surface area contributed by atoms with Crippen molar-refractivity contribution in [3.05, 3.63) is 77.1 Å². The lowest BCUT2D eigenvalue weighted by atomic mass is 10.2. The van der Waals surface area contributed by atoms with Crippen LogP contribution >= 0.6 is 0 Å². The van der Waals surface area contributed by atoms with E-state index in [1.807, 2.05) is 18.2 Å².